The number of para-hydroxylation sites is 3. The minimum absolute atomic E-state index is 0.0429. The zero-order valence-corrected chi connectivity index (χ0v) is 25.9. The maximum Gasteiger partial charge on any atom is 0.272 e. The molecule has 0 aliphatic rings. The van der Waals surface area contributed by atoms with E-state index < -0.39 is 11.8 Å². The van der Waals surface area contributed by atoms with E-state index in [1.54, 1.807) is 41.0 Å². The fraction of sp³-hybridized carbons (Fsp3) is 0.0789. The highest BCUT2D eigenvalue weighted by Gasteiger charge is 2.18. The Morgan fingerprint density at radius 2 is 1.41 bits per heavy atom. The Labute approximate surface area is 270 Å². The number of benzene rings is 5. The number of anilines is 1. The van der Waals surface area contributed by atoms with Gasteiger partial charge in [-0.3, -0.25) is 19.0 Å². The SMILES string of the molecule is CCOc1ccccc1/C=C(/NC(=O)c1ccccc1)C(=O)Nc1cccc(SCC(=O)n2c3ccccc3c3ccccc32)c1. The Bertz CT molecular complexity index is 2030. The Kier molecular flexibility index (Phi) is 9.27. The van der Waals surface area contributed by atoms with Crippen LogP contribution in [-0.2, 0) is 4.79 Å². The summed E-state index contributed by atoms with van der Waals surface area (Å²) < 4.78 is 7.51. The summed E-state index contributed by atoms with van der Waals surface area (Å²) in [6.07, 6.45) is 1.60. The second-order valence-electron chi connectivity index (χ2n) is 10.4. The lowest BCUT2D eigenvalue weighted by Gasteiger charge is -2.13. The molecule has 0 saturated carbocycles. The fourth-order valence-corrected chi connectivity index (χ4v) is 6.05. The standard InChI is InChI=1S/C38H31N3O4S/c1-2-45-35-22-11-6-15-27(35)23-32(40-37(43)26-13-4-3-5-14-26)38(44)39-28-16-12-17-29(24-28)46-25-36(42)41-33-20-9-7-18-30(33)31-19-8-10-21-34(31)41/h3-24H,2,25H2,1H3,(H,39,44)(H,40,43)/b32-23+. The summed E-state index contributed by atoms with van der Waals surface area (Å²) in [6, 6.07) is 39.1. The summed E-state index contributed by atoms with van der Waals surface area (Å²) in [7, 11) is 0. The van der Waals surface area contributed by atoms with Gasteiger partial charge in [-0.1, -0.05) is 78.9 Å². The van der Waals surface area contributed by atoms with E-state index in [1.807, 2.05) is 104 Å². The molecule has 6 aromatic rings. The van der Waals surface area contributed by atoms with Crippen LogP contribution in [0.15, 0.2) is 138 Å². The van der Waals surface area contributed by atoms with E-state index in [0.29, 0.717) is 29.2 Å². The Morgan fingerprint density at radius 1 is 0.761 bits per heavy atom. The van der Waals surface area contributed by atoms with Crippen molar-refractivity contribution < 1.29 is 19.1 Å². The van der Waals surface area contributed by atoms with Crippen LogP contribution in [0.2, 0.25) is 0 Å². The van der Waals surface area contributed by atoms with Gasteiger partial charge in [-0.2, -0.15) is 0 Å². The number of hydrogen-bond donors (Lipinski definition) is 2. The number of rotatable bonds is 10. The van der Waals surface area contributed by atoms with Crippen LogP contribution >= 0.6 is 11.8 Å². The summed E-state index contributed by atoms with van der Waals surface area (Å²) >= 11 is 1.39. The number of carbonyl (C=O) groups excluding carboxylic acids is 3. The van der Waals surface area contributed by atoms with Gasteiger partial charge in [0.1, 0.15) is 11.4 Å². The van der Waals surface area contributed by atoms with Crippen LogP contribution in [0.3, 0.4) is 0 Å². The van der Waals surface area contributed by atoms with Crippen molar-refractivity contribution in [3.8, 4) is 5.75 Å². The van der Waals surface area contributed by atoms with Gasteiger partial charge in [0, 0.05) is 32.5 Å². The van der Waals surface area contributed by atoms with Gasteiger partial charge in [-0.05, 0) is 61.5 Å². The van der Waals surface area contributed by atoms with Gasteiger partial charge < -0.3 is 15.4 Å². The number of nitrogens with zero attached hydrogens (tertiary/aromatic N) is 1. The summed E-state index contributed by atoms with van der Waals surface area (Å²) in [5.74, 6) is -0.163. The Hall–Kier alpha value is -5.60. The molecule has 5 aromatic carbocycles. The number of nitrogens with one attached hydrogen (secondary N) is 2. The molecule has 0 spiro atoms. The second kappa shape index (κ2) is 14.0. The number of fused-ring (bicyclic) bond motifs is 3. The molecule has 8 heteroatoms. The number of carbonyl (C=O) groups is 3. The van der Waals surface area contributed by atoms with Crippen molar-refractivity contribution in [3.05, 3.63) is 144 Å². The number of amides is 2. The van der Waals surface area contributed by atoms with E-state index in [2.05, 4.69) is 10.6 Å². The molecule has 1 heterocycles. The van der Waals surface area contributed by atoms with Crippen LogP contribution in [0.4, 0.5) is 5.69 Å². The molecule has 228 valence electrons. The highest BCUT2D eigenvalue weighted by molar-refractivity contribution is 8.00. The predicted molar refractivity (Wildman–Crippen MR) is 185 cm³/mol. The number of ether oxygens (including phenoxy) is 1. The zero-order chi connectivity index (χ0) is 31.9. The second-order valence-corrected chi connectivity index (χ2v) is 11.4. The fourth-order valence-electron chi connectivity index (χ4n) is 5.25. The number of hydrogen-bond acceptors (Lipinski definition) is 5. The van der Waals surface area contributed by atoms with E-state index in [1.165, 1.54) is 11.8 Å². The van der Waals surface area contributed by atoms with E-state index in [9.17, 15) is 14.4 Å². The molecule has 1 aromatic heterocycles. The van der Waals surface area contributed by atoms with E-state index in [4.69, 9.17) is 4.74 Å². The molecule has 0 unspecified atom stereocenters. The first-order valence-electron chi connectivity index (χ1n) is 14.9. The molecule has 0 radical (unpaired) electrons. The quantitative estimate of drug-likeness (QED) is 0.119. The van der Waals surface area contributed by atoms with Gasteiger partial charge in [-0.25, -0.2) is 0 Å². The minimum Gasteiger partial charge on any atom is -0.493 e. The zero-order valence-electron chi connectivity index (χ0n) is 25.1. The van der Waals surface area contributed by atoms with Crippen molar-refractivity contribution in [2.75, 3.05) is 17.7 Å². The largest absolute Gasteiger partial charge is 0.493 e. The molecule has 0 aliphatic carbocycles. The summed E-state index contributed by atoms with van der Waals surface area (Å²) in [4.78, 5) is 41.1. The third-order valence-corrected chi connectivity index (χ3v) is 8.31. The lowest BCUT2D eigenvalue weighted by Crippen LogP contribution is -2.30. The lowest BCUT2D eigenvalue weighted by atomic mass is 10.1. The molecule has 0 bridgehead atoms. The van der Waals surface area contributed by atoms with Gasteiger partial charge >= 0.3 is 0 Å². The highest BCUT2D eigenvalue weighted by atomic mass is 32.2. The first-order chi connectivity index (χ1) is 22.5. The molecule has 2 amide bonds. The Balaban J connectivity index is 1.21. The average Bonchev–Trinajstić information content (AvgIpc) is 3.43. The van der Waals surface area contributed by atoms with Crippen molar-refractivity contribution >= 4 is 63.1 Å². The molecule has 0 saturated heterocycles. The van der Waals surface area contributed by atoms with Gasteiger partial charge in [0.25, 0.3) is 11.8 Å². The number of thioether (sulfide) groups is 1. The van der Waals surface area contributed by atoms with E-state index in [-0.39, 0.29) is 17.4 Å². The van der Waals surface area contributed by atoms with Crippen LogP contribution in [0.25, 0.3) is 27.9 Å². The smallest absolute Gasteiger partial charge is 0.272 e. The molecule has 0 atom stereocenters. The van der Waals surface area contributed by atoms with E-state index >= 15 is 0 Å². The van der Waals surface area contributed by atoms with E-state index in [0.717, 1.165) is 26.7 Å². The molecule has 2 N–H and O–H groups in total. The van der Waals surface area contributed by atoms with Crippen molar-refractivity contribution in [2.45, 2.75) is 11.8 Å². The normalized spacial score (nSPS) is 11.4. The van der Waals surface area contributed by atoms with Crippen molar-refractivity contribution in [3.63, 3.8) is 0 Å². The van der Waals surface area contributed by atoms with Crippen LogP contribution in [0.5, 0.6) is 5.75 Å². The third kappa shape index (κ3) is 6.72. The molecular weight excluding hydrogens is 595 g/mol. The Morgan fingerprint density at radius 3 is 2.13 bits per heavy atom. The van der Waals surface area contributed by atoms with Crippen LogP contribution in [-0.4, -0.2) is 34.6 Å². The van der Waals surface area contributed by atoms with Gasteiger partial charge in [-0.15, -0.1) is 11.8 Å². The monoisotopic (exact) mass is 625 g/mol. The summed E-state index contributed by atoms with van der Waals surface area (Å²) in [6.45, 7) is 2.33. The molecule has 7 nitrogen and oxygen atoms in total. The van der Waals surface area contributed by atoms with Crippen molar-refractivity contribution in [1.82, 2.24) is 9.88 Å². The summed E-state index contributed by atoms with van der Waals surface area (Å²) in [5.41, 5.74) is 3.40. The topological polar surface area (TPSA) is 89.4 Å². The first kappa shape index (κ1) is 30.4. The maximum atomic E-state index is 13.6. The van der Waals surface area contributed by atoms with Crippen LogP contribution < -0.4 is 15.4 Å². The molecule has 6 rings (SSSR count). The van der Waals surface area contributed by atoms with Gasteiger partial charge in [0.05, 0.1) is 23.4 Å². The van der Waals surface area contributed by atoms with Crippen molar-refractivity contribution in [1.29, 1.82) is 0 Å². The third-order valence-electron chi connectivity index (χ3n) is 7.33. The lowest BCUT2D eigenvalue weighted by molar-refractivity contribution is -0.113. The molecular formula is C38H31N3O4S. The maximum absolute atomic E-state index is 13.6. The molecule has 46 heavy (non-hydrogen) atoms. The first-order valence-corrected chi connectivity index (χ1v) is 15.9. The van der Waals surface area contributed by atoms with Crippen LogP contribution in [0.1, 0.15) is 27.6 Å². The molecule has 0 aliphatic heterocycles. The summed E-state index contributed by atoms with van der Waals surface area (Å²) in [5, 5.41) is 7.75. The predicted octanol–water partition coefficient (Wildman–Crippen LogP) is 8.04. The van der Waals surface area contributed by atoms with Crippen LogP contribution in [0, 0.1) is 0 Å². The van der Waals surface area contributed by atoms with Gasteiger partial charge in [0.15, 0.2) is 0 Å². The molecule has 0 fully saturated rings. The average molecular weight is 626 g/mol. The number of aromatic nitrogens is 1. The highest BCUT2D eigenvalue weighted by Crippen LogP contribution is 2.30. The minimum atomic E-state index is -0.501. The van der Waals surface area contributed by atoms with Crippen molar-refractivity contribution in [2.24, 2.45) is 0 Å². The van der Waals surface area contributed by atoms with Gasteiger partial charge in [0.2, 0.25) is 5.91 Å².